The Morgan fingerprint density at radius 3 is 2.27 bits per heavy atom. The van der Waals surface area contributed by atoms with E-state index in [9.17, 15) is 24.1 Å². The summed E-state index contributed by atoms with van der Waals surface area (Å²) in [4.78, 5) is 33.7. The Kier molecular flexibility index (Phi) is 6.24. The van der Waals surface area contributed by atoms with E-state index in [2.05, 4.69) is 9.47 Å². The topological polar surface area (TPSA) is 95.7 Å². The highest BCUT2D eigenvalue weighted by Gasteiger charge is 2.42. The van der Waals surface area contributed by atoms with Gasteiger partial charge in [0.2, 0.25) is 6.54 Å². The monoisotopic (exact) mass is 333 g/mol. The maximum absolute atomic E-state index is 14.0. The zero-order valence-corrected chi connectivity index (χ0v) is 12.5. The molecule has 0 N–H and O–H groups in total. The van der Waals surface area contributed by atoms with Gasteiger partial charge in [-0.25, -0.2) is 4.39 Å². The number of esters is 2. The molecule has 1 aromatic carbocycles. The number of nitrogens with zero attached hydrogens (tertiary/aromatic N) is 1. The molecule has 22 heavy (non-hydrogen) atoms. The summed E-state index contributed by atoms with van der Waals surface area (Å²) in [6.45, 7) is -0.854. The summed E-state index contributed by atoms with van der Waals surface area (Å²) in [6, 6.07) is 3.43. The molecule has 7 nitrogen and oxygen atoms in total. The first-order chi connectivity index (χ1) is 10.3. The molecule has 1 aromatic rings. The normalized spacial score (nSPS) is 11.9. The van der Waals surface area contributed by atoms with Gasteiger partial charge in [0, 0.05) is 9.95 Å². The fourth-order valence-corrected chi connectivity index (χ4v) is 2.18. The van der Waals surface area contributed by atoms with Crippen molar-refractivity contribution in [2.45, 2.75) is 5.92 Å². The van der Waals surface area contributed by atoms with Gasteiger partial charge in [-0.1, -0.05) is 17.7 Å². The molecule has 0 radical (unpaired) electrons. The van der Waals surface area contributed by atoms with Crippen LogP contribution in [-0.4, -0.2) is 37.6 Å². The molecule has 0 saturated carbocycles. The standard InChI is InChI=1S/C13H13ClFNO6/c1-21-12(17)11(13(18)22-2)9(6-16(19)20)8-4-3-7(14)5-10(8)15/h3-5,9,11H,6H2,1-2H3. The Labute approximate surface area is 130 Å². The number of benzene rings is 1. The number of methoxy groups -OCH3 is 2. The van der Waals surface area contributed by atoms with Crippen LogP contribution in [0.1, 0.15) is 11.5 Å². The van der Waals surface area contributed by atoms with Crippen molar-refractivity contribution < 1.29 is 28.4 Å². The van der Waals surface area contributed by atoms with Gasteiger partial charge >= 0.3 is 11.9 Å². The molecule has 0 aliphatic rings. The molecule has 0 amide bonds. The fourth-order valence-electron chi connectivity index (χ4n) is 2.02. The molecule has 0 aliphatic heterocycles. The summed E-state index contributed by atoms with van der Waals surface area (Å²) in [5.41, 5.74) is -0.193. The number of hydrogen-bond donors (Lipinski definition) is 0. The summed E-state index contributed by atoms with van der Waals surface area (Å²) in [5.74, 6) is -6.00. The lowest BCUT2D eigenvalue weighted by Crippen LogP contribution is -2.36. The average Bonchev–Trinajstić information content (AvgIpc) is 2.45. The van der Waals surface area contributed by atoms with Gasteiger partial charge in [-0.2, -0.15) is 0 Å². The van der Waals surface area contributed by atoms with Crippen molar-refractivity contribution >= 4 is 23.5 Å². The average molecular weight is 334 g/mol. The van der Waals surface area contributed by atoms with Crippen LogP contribution < -0.4 is 0 Å². The van der Waals surface area contributed by atoms with Crippen molar-refractivity contribution in [2.24, 2.45) is 5.92 Å². The minimum Gasteiger partial charge on any atom is -0.468 e. The van der Waals surface area contributed by atoms with Crippen LogP contribution in [0.5, 0.6) is 0 Å². The van der Waals surface area contributed by atoms with E-state index in [0.717, 1.165) is 20.3 Å². The first-order valence-corrected chi connectivity index (χ1v) is 6.42. The number of hydrogen-bond acceptors (Lipinski definition) is 6. The van der Waals surface area contributed by atoms with Crippen LogP contribution in [0.2, 0.25) is 5.02 Å². The van der Waals surface area contributed by atoms with Gasteiger partial charge in [-0.05, 0) is 17.7 Å². The Balaban J connectivity index is 3.38. The van der Waals surface area contributed by atoms with Crippen LogP contribution in [0.3, 0.4) is 0 Å². The van der Waals surface area contributed by atoms with Crippen LogP contribution in [0.15, 0.2) is 18.2 Å². The van der Waals surface area contributed by atoms with Crippen molar-refractivity contribution in [1.29, 1.82) is 0 Å². The maximum Gasteiger partial charge on any atom is 0.320 e. The minimum absolute atomic E-state index is 0.0776. The summed E-state index contributed by atoms with van der Waals surface area (Å²) in [7, 11) is 2.03. The van der Waals surface area contributed by atoms with Crippen LogP contribution in [0.4, 0.5) is 4.39 Å². The van der Waals surface area contributed by atoms with E-state index < -0.39 is 41.1 Å². The first-order valence-electron chi connectivity index (χ1n) is 6.04. The summed E-state index contributed by atoms with van der Waals surface area (Å²) in [5, 5.41) is 10.9. The van der Waals surface area contributed by atoms with Gasteiger partial charge < -0.3 is 9.47 Å². The summed E-state index contributed by atoms with van der Waals surface area (Å²) in [6.07, 6.45) is 0. The van der Waals surface area contributed by atoms with Crippen molar-refractivity contribution in [3.63, 3.8) is 0 Å². The summed E-state index contributed by atoms with van der Waals surface area (Å²) >= 11 is 5.63. The van der Waals surface area contributed by atoms with Gasteiger partial charge in [0.15, 0.2) is 5.92 Å². The zero-order chi connectivity index (χ0) is 16.9. The van der Waals surface area contributed by atoms with Crippen molar-refractivity contribution in [3.05, 3.63) is 44.7 Å². The fraction of sp³-hybridized carbons (Fsp3) is 0.385. The highest BCUT2D eigenvalue weighted by molar-refractivity contribution is 6.30. The molecule has 0 aliphatic carbocycles. The van der Waals surface area contributed by atoms with Crippen LogP contribution >= 0.6 is 11.6 Å². The lowest BCUT2D eigenvalue weighted by atomic mass is 9.85. The third-order valence-electron chi connectivity index (χ3n) is 3.02. The van der Waals surface area contributed by atoms with Crippen LogP contribution in [-0.2, 0) is 19.1 Å². The van der Waals surface area contributed by atoms with Crippen molar-refractivity contribution in [2.75, 3.05) is 20.8 Å². The van der Waals surface area contributed by atoms with E-state index in [1.54, 1.807) is 0 Å². The van der Waals surface area contributed by atoms with Crippen molar-refractivity contribution in [1.82, 2.24) is 0 Å². The van der Waals surface area contributed by atoms with Crippen LogP contribution in [0, 0.1) is 21.8 Å². The number of halogens is 2. The second-order valence-corrected chi connectivity index (χ2v) is 4.75. The molecule has 9 heteroatoms. The highest BCUT2D eigenvalue weighted by atomic mass is 35.5. The number of carbonyl (C=O) groups excluding carboxylic acids is 2. The quantitative estimate of drug-likeness (QED) is 0.341. The molecule has 0 aromatic heterocycles. The van der Waals surface area contributed by atoms with Gasteiger partial charge in [-0.3, -0.25) is 19.7 Å². The predicted molar refractivity (Wildman–Crippen MR) is 73.5 cm³/mol. The smallest absolute Gasteiger partial charge is 0.320 e. The molecule has 0 fully saturated rings. The van der Waals surface area contributed by atoms with Gasteiger partial charge in [0.25, 0.3) is 0 Å². The Morgan fingerprint density at radius 1 is 1.32 bits per heavy atom. The molecule has 0 spiro atoms. The number of nitro groups is 1. The lowest BCUT2D eigenvalue weighted by molar-refractivity contribution is -0.484. The third kappa shape index (κ3) is 4.14. The van der Waals surface area contributed by atoms with Crippen LogP contribution in [0.25, 0.3) is 0 Å². The Morgan fingerprint density at radius 2 is 1.86 bits per heavy atom. The Bertz CT molecular complexity index is 578. The van der Waals surface area contributed by atoms with E-state index in [-0.39, 0.29) is 10.6 Å². The molecule has 0 saturated heterocycles. The predicted octanol–water partition coefficient (Wildman–Crippen LogP) is 1.80. The molecule has 1 atom stereocenters. The minimum atomic E-state index is -1.66. The van der Waals surface area contributed by atoms with E-state index in [1.165, 1.54) is 12.1 Å². The van der Waals surface area contributed by atoms with E-state index >= 15 is 0 Å². The molecule has 1 rings (SSSR count). The lowest BCUT2D eigenvalue weighted by Gasteiger charge is -2.21. The second-order valence-electron chi connectivity index (χ2n) is 4.31. The maximum atomic E-state index is 14.0. The van der Waals surface area contributed by atoms with Gasteiger partial charge in [0.05, 0.1) is 20.1 Å². The van der Waals surface area contributed by atoms with E-state index in [0.29, 0.717) is 0 Å². The number of rotatable bonds is 6. The first kappa shape index (κ1) is 17.8. The number of ether oxygens (including phenoxy) is 2. The molecule has 1 unspecified atom stereocenters. The summed E-state index contributed by atoms with van der Waals surface area (Å²) < 4.78 is 23.0. The van der Waals surface area contributed by atoms with Crippen molar-refractivity contribution in [3.8, 4) is 0 Å². The third-order valence-corrected chi connectivity index (χ3v) is 3.26. The molecule has 120 valence electrons. The largest absolute Gasteiger partial charge is 0.468 e. The van der Waals surface area contributed by atoms with Gasteiger partial charge in [-0.15, -0.1) is 0 Å². The number of carbonyl (C=O) groups is 2. The second kappa shape index (κ2) is 7.69. The highest BCUT2D eigenvalue weighted by Crippen LogP contribution is 2.30. The molecule has 0 heterocycles. The molecular formula is C13H13ClFNO6. The SMILES string of the molecule is COC(=O)C(C(=O)OC)C(C[N+](=O)[O-])c1ccc(Cl)cc1F. The Hall–Kier alpha value is -2.22. The molecule has 0 bridgehead atoms. The van der Waals surface area contributed by atoms with E-state index in [1.807, 2.05) is 0 Å². The van der Waals surface area contributed by atoms with E-state index in [4.69, 9.17) is 11.6 Å². The molecular weight excluding hydrogens is 321 g/mol. The zero-order valence-electron chi connectivity index (χ0n) is 11.7. The van der Waals surface area contributed by atoms with Gasteiger partial charge in [0.1, 0.15) is 5.82 Å².